The van der Waals surface area contributed by atoms with Gasteiger partial charge in [0.15, 0.2) is 5.79 Å². The smallest absolute Gasteiger partial charge is 0.172 e. The number of ether oxygens (including phenoxy) is 3. The molecule has 1 saturated carbocycles. The Balaban J connectivity index is 1.39. The standard InChI is InChI=1S/C28H45NO4/c1-5-27(6-2)22-28(31-20-25(33-28)19-30-24-15-11-8-12-16-24)21-26(3,4)29(27)32-18-17-23-13-9-7-10-14-23/h7,9-10,13-14,24-25H,5-6,8,11-12,15-22H2,1-4H3. The van der Waals surface area contributed by atoms with E-state index < -0.39 is 5.79 Å². The normalized spacial score (nSPS) is 30.1. The van der Waals surface area contributed by atoms with Gasteiger partial charge in [-0.15, -0.1) is 0 Å². The molecule has 33 heavy (non-hydrogen) atoms. The van der Waals surface area contributed by atoms with Crippen molar-refractivity contribution in [2.75, 3.05) is 19.8 Å². The van der Waals surface area contributed by atoms with E-state index in [1.165, 1.54) is 37.7 Å². The van der Waals surface area contributed by atoms with E-state index in [9.17, 15) is 0 Å². The lowest BCUT2D eigenvalue weighted by Crippen LogP contribution is -2.67. The van der Waals surface area contributed by atoms with Crippen molar-refractivity contribution in [1.29, 1.82) is 0 Å². The lowest BCUT2D eigenvalue weighted by molar-refractivity contribution is -0.346. The Bertz CT molecular complexity index is 729. The van der Waals surface area contributed by atoms with Gasteiger partial charge in [-0.3, -0.25) is 4.84 Å². The molecule has 0 bridgehead atoms. The topological polar surface area (TPSA) is 40.2 Å². The predicted molar refractivity (Wildman–Crippen MR) is 131 cm³/mol. The van der Waals surface area contributed by atoms with Crippen molar-refractivity contribution in [3.8, 4) is 0 Å². The Morgan fingerprint density at radius 1 is 1.00 bits per heavy atom. The van der Waals surface area contributed by atoms with Gasteiger partial charge in [-0.05, 0) is 51.5 Å². The first-order valence-electron chi connectivity index (χ1n) is 13.3. The van der Waals surface area contributed by atoms with E-state index >= 15 is 0 Å². The highest BCUT2D eigenvalue weighted by Gasteiger charge is 2.59. The van der Waals surface area contributed by atoms with Gasteiger partial charge in [0.05, 0.1) is 31.5 Å². The van der Waals surface area contributed by atoms with Crippen LogP contribution in [-0.2, 0) is 25.5 Å². The second kappa shape index (κ2) is 10.7. The number of piperidine rings is 1. The highest BCUT2D eigenvalue weighted by molar-refractivity contribution is 5.14. The molecule has 4 rings (SSSR count). The van der Waals surface area contributed by atoms with E-state index in [-0.39, 0.29) is 17.2 Å². The zero-order chi connectivity index (χ0) is 23.4. The van der Waals surface area contributed by atoms with Crippen LogP contribution in [0.15, 0.2) is 30.3 Å². The van der Waals surface area contributed by atoms with Crippen LogP contribution in [-0.4, -0.2) is 54.0 Å². The van der Waals surface area contributed by atoms with Crippen LogP contribution in [0.1, 0.15) is 91.0 Å². The van der Waals surface area contributed by atoms with Gasteiger partial charge in [0.25, 0.3) is 0 Å². The Morgan fingerprint density at radius 2 is 1.73 bits per heavy atom. The molecule has 1 aliphatic carbocycles. The molecule has 1 spiro atoms. The summed E-state index contributed by atoms with van der Waals surface area (Å²) in [6.45, 7) is 11.0. The van der Waals surface area contributed by atoms with Crippen LogP contribution in [0.3, 0.4) is 0 Å². The molecule has 0 amide bonds. The van der Waals surface area contributed by atoms with E-state index in [1.807, 2.05) is 0 Å². The summed E-state index contributed by atoms with van der Waals surface area (Å²) >= 11 is 0. The maximum Gasteiger partial charge on any atom is 0.172 e. The van der Waals surface area contributed by atoms with Gasteiger partial charge in [0.1, 0.15) is 6.10 Å². The van der Waals surface area contributed by atoms with Gasteiger partial charge in [-0.1, -0.05) is 63.4 Å². The SMILES string of the molecule is CCC1(CC)CC2(CC(C)(C)N1OCCc1ccccc1)OCC(COC1CCCCC1)O2. The molecule has 5 nitrogen and oxygen atoms in total. The van der Waals surface area contributed by atoms with E-state index in [2.05, 4.69) is 63.1 Å². The van der Waals surface area contributed by atoms with Crippen molar-refractivity contribution < 1.29 is 19.0 Å². The summed E-state index contributed by atoms with van der Waals surface area (Å²) in [7, 11) is 0. The lowest BCUT2D eigenvalue weighted by atomic mass is 9.73. The van der Waals surface area contributed by atoms with Gasteiger partial charge in [0.2, 0.25) is 0 Å². The first-order chi connectivity index (χ1) is 15.9. The van der Waals surface area contributed by atoms with Crippen molar-refractivity contribution in [2.45, 2.75) is 121 Å². The molecule has 1 aromatic rings. The highest BCUT2D eigenvalue weighted by atomic mass is 16.8. The van der Waals surface area contributed by atoms with Crippen LogP contribution < -0.4 is 0 Å². The molecule has 2 saturated heterocycles. The maximum atomic E-state index is 6.67. The molecular formula is C28H45NO4. The molecule has 0 aromatic heterocycles. The molecule has 3 fully saturated rings. The van der Waals surface area contributed by atoms with Gasteiger partial charge >= 0.3 is 0 Å². The van der Waals surface area contributed by atoms with Gasteiger partial charge in [-0.2, -0.15) is 5.06 Å². The van der Waals surface area contributed by atoms with Crippen LogP contribution in [0.2, 0.25) is 0 Å². The Morgan fingerprint density at radius 3 is 2.42 bits per heavy atom. The van der Waals surface area contributed by atoms with E-state index in [4.69, 9.17) is 19.0 Å². The fourth-order valence-corrected chi connectivity index (χ4v) is 6.37. The first kappa shape index (κ1) is 25.1. The fraction of sp³-hybridized carbons (Fsp3) is 0.786. The molecule has 2 unspecified atom stereocenters. The van der Waals surface area contributed by atoms with Crippen molar-refractivity contribution in [2.24, 2.45) is 0 Å². The molecule has 5 heteroatoms. The second-order valence-corrected chi connectivity index (χ2v) is 11.0. The Kier molecular flexibility index (Phi) is 8.18. The van der Waals surface area contributed by atoms with Crippen LogP contribution in [0.5, 0.6) is 0 Å². The van der Waals surface area contributed by atoms with Gasteiger partial charge in [-0.25, -0.2) is 0 Å². The second-order valence-electron chi connectivity index (χ2n) is 11.0. The summed E-state index contributed by atoms with van der Waals surface area (Å²) in [6, 6.07) is 10.6. The highest BCUT2D eigenvalue weighted by Crippen LogP contribution is 2.51. The molecule has 2 atom stereocenters. The summed E-state index contributed by atoms with van der Waals surface area (Å²) in [5.74, 6) is -0.546. The molecular weight excluding hydrogens is 414 g/mol. The van der Waals surface area contributed by atoms with Crippen molar-refractivity contribution in [3.63, 3.8) is 0 Å². The molecule has 0 N–H and O–H groups in total. The third-order valence-corrected chi connectivity index (χ3v) is 8.03. The first-order valence-corrected chi connectivity index (χ1v) is 13.3. The summed E-state index contributed by atoms with van der Waals surface area (Å²) in [4.78, 5) is 6.55. The van der Waals surface area contributed by atoms with Crippen LogP contribution in [0, 0.1) is 0 Å². The molecule has 3 aliphatic rings. The molecule has 186 valence electrons. The zero-order valence-corrected chi connectivity index (χ0v) is 21.3. The van der Waals surface area contributed by atoms with E-state index in [0.29, 0.717) is 25.9 Å². The molecule has 0 radical (unpaired) electrons. The van der Waals surface area contributed by atoms with E-state index in [0.717, 1.165) is 32.1 Å². The summed E-state index contributed by atoms with van der Waals surface area (Å²) in [6.07, 6.45) is 11.3. The molecule has 2 heterocycles. The average Bonchev–Trinajstić information content (AvgIpc) is 3.21. The molecule has 1 aromatic carbocycles. The zero-order valence-electron chi connectivity index (χ0n) is 21.3. The van der Waals surface area contributed by atoms with Crippen LogP contribution in [0.25, 0.3) is 0 Å². The fourth-order valence-electron chi connectivity index (χ4n) is 6.37. The largest absolute Gasteiger partial charge is 0.375 e. The summed E-state index contributed by atoms with van der Waals surface area (Å²) in [5.41, 5.74) is 1.00. The van der Waals surface area contributed by atoms with Gasteiger partial charge < -0.3 is 14.2 Å². The van der Waals surface area contributed by atoms with Crippen LogP contribution >= 0.6 is 0 Å². The predicted octanol–water partition coefficient (Wildman–Crippen LogP) is 6.05. The number of hydrogen-bond acceptors (Lipinski definition) is 5. The monoisotopic (exact) mass is 459 g/mol. The van der Waals surface area contributed by atoms with E-state index in [1.54, 1.807) is 0 Å². The number of benzene rings is 1. The quantitative estimate of drug-likeness (QED) is 0.449. The number of hydrogen-bond donors (Lipinski definition) is 0. The molecule has 2 aliphatic heterocycles. The lowest BCUT2D eigenvalue weighted by Gasteiger charge is -2.58. The summed E-state index contributed by atoms with van der Waals surface area (Å²) < 4.78 is 19.4. The van der Waals surface area contributed by atoms with Crippen molar-refractivity contribution >= 4 is 0 Å². The van der Waals surface area contributed by atoms with Crippen molar-refractivity contribution in [3.05, 3.63) is 35.9 Å². The minimum absolute atomic E-state index is 0.0275. The minimum atomic E-state index is -0.546. The number of nitrogens with zero attached hydrogens (tertiary/aromatic N) is 1. The minimum Gasteiger partial charge on any atom is -0.375 e. The average molecular weight is 460 g/mol. The third kappa shape index (κ3) is 5.82. The number of rotatable bonds is 9. The Hall–Kier alpha value is -0.980. The maximum absolute atomic E-state index is 6.67. The summed E-state index contributed by atoms with van der Waals surface area (Å²) in [5, 5.41) is 2.30. The Labute approximate surface area is 201 Å². The third-order valence-electron chi connectivity index (χ3n) is 8.03. The van der Waals surface area contributed by atoms with Crippen LogP contribution in [0.4, 0.5) is 0 Å². The number of hydroxylamine groups is 2. The van der Waals surface area contributed by atoms with Gasteiger partial charge in [0, 0.05) is 18.4 Å². The van der Waals surface area contributed by atoms with Crippen molar-refractivity contribution in [1.82, 2.24) is 5.06 Å².